The summed E-state index contributed by atoms with van der Waals surface area (Å²) in [7, 11) is 0. The Morgan fingerprint density at radius 1 is 0.829 bits per heavy atom. The normalized spacial score (nSPS) is 16.1. The molecule has 0 aromatic heterocycles. The van der Waals surface area contributed by atoms with E-state index in [0.29, 0.717) is 0 Å². The van der Waals surface area contributed by atoms with Crippen LogP contribution in [0.4, 0.5) is 0 Å². The zero-order valence-corrected chi connectivity index (χ0v) is 24.1. The fraction of sp³-hybridized carbons (Fsp3) is 0.367. The van der Waals surface area contributed by atoms with E-state index in [-0.39, 0.29) is 14.4 Å². The third-order valence-electron chi connectivity index (χ3n) is 6.33. The molecule has 1 nitrogen and oxygen atoms in total. The maximum Gasteiger partial charge on any atom is 0.180 e. The number of aryl methyl sites for hydroxylation is 3. The maximum absolute atomic E-state index is 13.7. The second-order valence-electron chi connectivity index (χ2n) is 8.91. The second-order valence-corrected chi connectivity index (χ2v) is 14.8. The van der Waals surface area contributed by atoms with Crippen LogP contribution in [0.5, 0.6) is 0 Å². The molecule has 0 amide bonds. The molecule has 4 rings (SSSR count). The first-order valence-electron chi connectivity index (χ1n) is 12.3. The van der Waals surface area contributed by atoms with Gasteiger partial charge in [-0.05, 0) is 84.4 Å². The first-order valence-corrected chi connectivity index (χ1v) is 16.3. The van der Waals surface area contributed by atoms with Gasteiger partial charge < -0.3 is 0 Å². The quantitative estimate of drug-likeness (QED) is 0.189. The van der Waals surface area contributed by atoms with Crippen LogP contribution in [0.15, 0.2) is 72.8 Å². The monoisotopic (exact) mass is 538 g/mol. The molecule has 3 aromatic carbocycles. The second kappa shape index (κ2) is 12.8. The van der Waals surface area contributed by atoms with Crippen molar-refractivity contribution in [2.45, 2.75) is 42.3 Å². The molecule has 0 spiro atoms. The number of ketones is 1. The van der Waals surface area contributed by atoms with E-state index in [9.17, 15) is 4.79 Å². The summed E-state index contributed by atoms with van der Waals surface area (Å²) in [6, 6.07) is 25.2. The van der Waals surface area contributed by atoms with Gasteiger partial charge in [0.25, 0.3) is 0 Å². The minimum atomic E-state index is -0.161. The zero-order valence-electron chi connectivity index (χ0n) is 20.8. The summed E-state index contributed by atoms with van der Waals surface area (Å²) in [5.41, 5.74) is 7.09. The lowest BCUT2D eigenvalue weighted by Crippen LogP contribution is -2.21. The molecule has 1 saturated heterocycles. The summed E-state index contributed by atoms with van der Waals surface area (Å²) >= 11 is 8.13. The Morgan fingerprint density at radius 3 is 2.14 bits per heavy atom. The van der Waals surface area contributed by atoms with E-state index in [4.69, 9.17) is 0 Å². The highest BCUT2D eigenvalue weighted by atomic mass is 32.3. The lowest BCUT2D eigenvalue weighted by molar-refractivity contribution is 0.0988. The van der Waals surface area contributed by atoms with Crippen molar-refractivity contribution in [3.05, 3.63) is 106 Å². The van der Waals surface area contributed by atoms with Gasteiger partial charge in [-0.15, -0.1) is 47.0 Å². The first kappa shape index (κ1) is 26.8. The van der Waals surface area contributed by atoms with Crippen molar-refractivity contribution in [1.82, 2.24) is 0 Å². The number of rotatable bonds is 10. The summed E-state index contributed by atoms with van der Waals surface area (Å²) < 4.78 is 0.0979. The molecule has 5 heteroatoms. The molecule has 0 N–H and O–H groups in total. The zero-order chi connectivity index (χ0) is 24.7. The lowest BCUT2D eigenvalue weighted by Gasteiger charge is -2.37. The van der Waals surface area contributed by atoms with Crippen LogP contribution in [0.1, 0.15) is 56.3 Å². The summed E-state index contributed by atoms with van der Waals surface area (Å²) in [5.74, 6) is 4.75. The van der Waals surface area contributed by atoms with Gasteiger partial charge in [-0.3, -0.25) is 4.79 Å². The van der Waals surface area contributed by atoms with Crippen molar-refractivity contribution in [3.8, 4) is 0 Å². The molecule has 0 aliphatic carbocycles. The van der Waals surface area contributed by atoms with Crippen LogP contribution in [0.3, 0.4) is 0 Å². The van der Waals surface area contributed by atoms with E-state index in [1.54, 1.807) is 0 Å². The van der Waals surface area contributed by atoms with Crippen molar-refractivity contribution in [3.63, 3.8) is 0 Å². The lowest BCUT2D eigenvalue weighted by atomic mass is 9.96. The van der Waals surface area contributed by atoms with Crippen LogP contribution in [-0.2, 0) is 3.41 Å². The third kappa shape index (κ3) is 6.54. The van der Waals surface area contributed by atoms with Gasteiger partial charge in [-0.25, -0.2) is 0 Å². The highest BCUT2D eigenvalue weighted by Gasteiger charge is 2.37. The molecule has 1 unspecified atom stereocenters. The number of Topliss-reactive ketones (excluding diaryl/α,β-unsaturated/α-hetero) is 1. The largest absolute Gasteiger partial charge is 0.293 e. The summed E-state index contributed by atoms with van der Waals surface area (Å²) in [4.78, 5) is 13.7. The molecular weight excluding hydrogens is 505 g/mol. The van der Waals surface area contributed by atoms with E-state index >= 15 is 0 Å². The van der Waals surface area contributed by atoms with E-state index in [2.05, 4.69) is 97.7 Å². The average Bonchev–Trinajstić information content (AvgIpc) is 2.88. The number of carbonyl (C=O) groups is 1. The van der Waals surface area contributed by atoms with Crippen LogP contribution in [-0.4, -0.2) is 28.8 Å². The number of hydrogen-bond acceptors (Lipinski definition) is 5. The Kier molecular flexibility index (Phi) is 9.80. The van der Waals surface area contributed by atoms with Crippen molar-refractivity contribution in [1.29, 1.82) is 0 Å². The third-order valence-corrected chi connectivity index (χ3v) is 13.1. The van der Waals surface area contributed by atoms with Gasteiger partial charge in [0, 0.05) is 5.56 Å². The fourth-order valence-electron chi connectivity index (χ4n) is 4.39. The van der Waals surface area contributed by atoms with E-state index in [1.165, 1.54) is 34.6 Å². The Hall–Kier alpha value is -1.27. The van der Waals surface area contributed by atoms with E-state index in [1.807, 2.05) is 43.0 Å². The molecule has 0 saturated carbocycles. The SMILES string of the molecule is Cc1ccccc1C(=O)C(SCCCSC1(c2ccccc2C)SCCCS1)c1ccccc1C. The van der Waals surface area contributed by atoms with Gasteiger partial charge in [0.05, 0.1) is 5.25 Å². The molecule has 1 aliphatic rings. The minimum absolute atomic E-state index is 0.0979. The van der Waals surface area contributed by atoms with Crippen LogP contribution < -0.4 is 0 Å². The molecule has 35 heavy (non-hydrogen) atoms. The molecule has 3 aromatic rings. The van der Waals surface area contributed by atoms with Crippen LogP contribution in [0.25, 0.3) is 0 Å². The topological polar surface area (TPSA) is 17.1 Å². The Balaban J connectivity index is 1.44. The minimum Gasteiger partial charge on any atom is -0.293 e. The fourth-order valence-corrected chi connectivity index (χ4v) is 11.4. The van der Waals surface area contributed by atoms with Crippen LogP contribution in [0, 0.1) is 20.8 Å². The van der Waals surface area contributed by atoms with Crippen LogP contribution in [0.2, 0.25) is 0 Å². The van der Waals surface area contributed by atoms with Gasteiger partial charge in [0.1, 0.15) is 3.41 Å². The van der Waals surface area contributed by atoms with Crippen molar-refractivity contribution in [2.75, 3.05) is 23.0 Å². The van der Waals surface area contributed by atoms with E-state index < -0.39 is 0 Å². The first-order chi connectivity index (χ1) is 17.0. The Morgan fingerprint density at radius 2 is 1.46 bits per heavy atom. The Labute approximate surface area is 228 Å². The van der Waals surface area contributed by atoms with Gasteiger partial charge in [0.2, 0.25) is 0 Å². The van der Waals surface area contributed by atoms with Crippen molar-refractivity contribution in [2.24, 2.45) is 0 Å². The highest BCUT2D eigenvalue weighted by molar-refractivity contribution is 8.33. The summed E-state index contributed by atoms with van der Waals surface area (Å²) in [6.07, 6.45) is 2.38. The standard InChI is InChI=1S/C30H34OS4/c1-22-12-4-7-15-25(22)28(31)29(26-16-8-5-13-23(26)2)32-18-10-19-33-30(34-20-11-21-35-30)27-17-9-6-14-24(27)3/h4-9,12-17,29H,10-11,18-21H2,1-3H3. The number of hydrogen-bond donors (Lipinski definition) is 0. The Bertz CT molecular complexity index is 1140. The molecule has 0 radical (unpaired) electrons. The van der Waals surface area contributed by atoms with Gasteiger partial charge in [-0.2, -0.15) is 0 Å². The molecule has 1 heterocycles. The van der Waals surface area contributed by atoms with Crippen LogP contribution >= 0.6 is 47.0 Å². The molecule has 184 valence electrons. The van der Waals surface area contributed by atoms with E-state index in [0.717, 1.165) is 34.6 Å². The van der Waals surface area contributed by atoms with Gasteiger partial charge in [-0.1, -0.05) is 72.8 Å². The predicted octanol–water partition coefficient (Wildman–Crippen LogP) is 9.07. The number of thioether (sulfide) groups is 4. The predicted molar refractivity (Wildman–Crippen MR) is 161 cm³/mol. The molecule has 1 aliphatic heterocycles. The number of benzene rings is 3. The molecule has 1 fully saturated rings. The average molecular weight is 539 g/mol. The molecule has 0 bridgehead atoms. The summed E-state index contributed by atoms with van der Waals surface area (Å²) in [6.45, 7) is 6.40. The maximum atomic E-state index is 13.7. The molecular formula is C30H34OS4. The van der Waals surface area contributed by atoms with Gasteiger partial charge >= 0.3 is 0 Å². The van der Waals surface area contributed by atoms with Crippen molar-refractivity contribution < 1.29 is 4.79 Å². The number of carbonyl (C=O) groups excluding carboxylic acids is 1. The van der Waals surface area contributed by atoms with Gasteiger partial charge in [0.15, 0.2) is 5.78 Å². The highest BCUT2D eigenvalue weighted by Crippen LogP contribution is 2.58. The molecule has 1 atom stereocenters. The summed E-state index contributed by atoms with van der Waals surface area (Å²) in [5, 5.41) is -0.161. The smallest absolute Gasteiger partial charge is 0.180 e. The van der Waals surface area contributed by atoms with Crippen molar-refractivity contribution >= 4 is 52.8 Å².